The Bertz CT molecular complexity index is 343. The SMILES string of the molecule is O=C(O)c1ncncn1.c1cc[nH]c1. The van der Waals surface area contributed by atoms with Gasteiger partial charge in [0.25, 0.3) is 0 Å². The number of aromatic nitrogens is 4. The molecule has 0 aliphatic heterocycles. The van der Waals surface area contributed by atoms with Gasteiger partial charge in [-0.05, 0) is 12.1 Å². The predicted octanol–water partition coefficient (Wildman–Crippen LogP) is 0.585. The van der Waals surface area contributed by atoms with Crippen LogP contribution in [0.15, 0.2) is 37.2 Å². The van der Waals surface area contributed by atoms with Gasteiger partial charge in [0.1, 0.15) is 12.7 Å². The van der Waals surface area contributed by atoms with E-state index >= 15 is 0 Å². The fourth-order valence-electron chi connectivity index (χ4n) is 0.627. The topological polar surface area (TPSA) is 91.8 Å². The molecule has 6 nitrogen and oxygen atoms in total. The minimum atomic E-state index is -1.14. The second-order valence-electron chi connectivity index (χ2n) is 2.15. The molecular formula is C8H8N4O2. The number of rotatable bonds is 1. The molecule has 0 atom stereocenters. The van der Waals surface area contributed by atoms with Crippen LogP contribution in [0.3, 0.4) is 0 Å². The van der Waals surface area contributed by atoms with Gasteiger partial charge in [0.05, 0.1) is 0 Å². The van der Waals surface area contributed by atoms with Crippen molar-refractivity contribution in [1.82, 2.24) is 19.9 Å². The molecule has 0 radical (unpaired) electrons. The van der Waals surface area contributed by atoms with Crippen molar-refractivity contribution in [2.24, 2.45) is 0 Å². The van der Waals surface area contributed by atoms with Gasteiger partial charge in [-0.3, -0.25) is 0 Å². The first-order valence-electron chi connectivity index (χ1n) is 3.74. The molecule has 0 saturated carbocycles. The van der Waals surface area contributed by atoms with E-state index in [4.69, 9.17) is 5.11 Å². The van der Waals surface area contributed by atoms with Crippen molar-refractivity contribution in [2.45, 2.75) is 0 Å². The third kappa shape index (κ3) is 3.44. The fourth-order valence-corrected chi connectivity index (χ4v) is 0.627. The molecule has 2 aromatic rings. The minimum Gasteiger partial charge on any atom is -0.475 e. The van der Waals surface area contributed by atoms with Crippen molar-refractivity contribution >= 4 is 5.97 Å². The number of hydrogen-bond acceptors (Lipinski definition) is 4. The number of carbonyl (C=O) groups is 1. The smallest absolute Gasteiger partial charge is 0.374 e. The highest BCUT2D eigenvalue weighted by Crippen LogP contribution is 1.81. The van der Waals surface area contributed by atoms with Gasteiger partial charge >= 0.3 is 5.97 Å². The zero-order valence-corrected chi connectivity index (χ0v) is 7.16. The van der Waals surface area contributed by atoms with E-state index < -0.39 is 5.97 Å². The number of nitrogens with zero attached hydrogens (tertiary/aromatic N) is 3. The van der Waals surface area contributed by atoms with Gasteiger partial charge < -0.3 is 10.1 Å². The molecule has 72 valence electrons. The summed E-state index contributed by atoms with van der Waals surface area (Å²) in [5, 5.41) is 8.23. The summed E-state index contributed by atoms with van der Waals surface area (Å²) in [6.07, 6.45) is 6.02. The van der Waals surface area contributed by atoms with Crippen LogP contribution in [0.5, 0.6) is 0 Å². The van der Waals surface area contributed by atoms with Crippen LogP contribution in [0.4, 0.5) is 0 Å². The molecule has 0 saturated heterocycles. The first kappa shape index (κ1) is 9.85. The Morgan fingerprint density at radius 1 is 1.21 bits per heavy atom. The maximum absolute atomic E-state index is 10.0. The maximum atomic E-state index is 10.0. The fraction of sp³-hybridized carbons (Fsp3) is 0. The molecule has 2 aromatic heterocycles. The molecule has 0 fully saturated rings. The highest BCUT2D eigenvalue weighted by molar-refractivity contribution is 5.82. The summed E-state index contributed by atoms with van der Waals surface area (Å²) < 4.78 is 0. The lowest BCUT2D eigenvalue weighted by atomic mass is 10.6. The van der Waals surface area contributed by atoms with Gasteiger partial charge in [-0.1, -0.05) is 0 Å². The number of nitrogens with one attached hydrogen (secondary N) is 1. The first-order chi connectivity index (χ1) is 6.80. The van der Waals surface area contributed by atoms with E-state index in [-0.39, 0.29) is 5.82 Å². The number of carboxylic acids is 1. The van der Waals surface area contributed by atoms with Crippen molar-refractivity contribution in [2.75, 3.05) is 0 Å². The van der Waals surface area contributed by atoms with Gasteiger partial charge in [-0.15, -0.1) is 0 Å². The highest BCUT2D eigenvalue weighted by atomic mass is 16.4. The lowest BCUT2D eigenvalue weighted by Gasteiger charge is -1.85. The summed E-state index contributed by atoms with van der Waals surface area (Å²) >= 11 is 0. The van der Waals surface area contributed by atoms with E-state index in [2.05, 4.69) is 19.9 Å². The predicted molar refractivity (Wildman–Crippen MR) is 47.6 cm³/mol. The summed E-state index contributed by atoms with van der Waals surface area (Å²) in [5.74, 6) is -1.37. The van der Waals surface area contributed by atoms with Gasteiger partial charge in [0, 0.05) is 12.4 Å². The van der Waals surface area contributed by atoms with Crippen molar-refractivity contribution in [3.05, 3.63) is 43.0 Å². The molecule has 14 heavy (non-hydrogen) atoms. The highest BCUT2D eigenvalue weighted by Gasteiger charge is 2.01. The van der Waals surface area contributed by atoms with Crippen LogP contribution >= 0.6 is 0 Å². The van der Waals surface area contributed by atoms with E-state index in [1.807, 2.05) is 24.5 Å². The monoisotopic (exact) mass is 192 g/mol. The standard InChI is InChI=1S/C4H3N3O2.C4H5N/c8-4(9)3-6-1-5-2-7-3;1-2-4-5-3-1/h1-2H,(H,8,9);1-5H. The largest absolute Gasteiger partial charge is 0.475 e. The Balaban J connectivity index is 0.000000165. The second kappa shape index (κ2) is 5.41. The van der Waals surface area contributed by atoms with E-state index in [0.717, 1.165) is 12.7 Å². The molecule has 0 aliphatic rings. The Labute approximate surface area is 79.7 Å². The van der Waals surface area contributed by atoms with Crippen molar-refractivity contribution in [1.29, 1.82) is 0 Å². The molecule has 0 aliphatic carbocycles. The molecular weight excluding hydrogens is 184 g/mol. The van der Waals surface area contributed by atoms with Gasteiger partial charge in [0.15, 0.2) is 0 Å². The summed E-state index contributed by atoms with van der Waals surface area (Å²) in [4.78, 5) is 23.1. The van der Waals surface area contributed by atoms with Crippen molar-refractivity contribution in [3.63, 3.8) is 0 Å². The van der Waals surface area contributed by atoms with Gasteiger partial charge in [0.2, 0.25) is 5.82 Å². The minimum absolute atomic E-state index is 0.231. The maximum Gasteiger partial charge on any atom is 0.374 e. The zero-order chi connectivity index (χ0) is 10.2. The quantitative estimate of drug-likeness (QED) is 0.689. The number of H-pyrrole nitrogens is 1. The van der Waals surface area contributed by atoms with Crippen LogP contribution in [0, 0.1) is 0 Å². The lowest BCUT2D eigenvalue weighted by Crippen LogP contribution is -2.02. The summed E-state index contributed by atoms with van der Waals surface area (Å²) in [7, 11) is 0. The van der Waals surface area contributed by atoms with Crippen LogP contribution in [-0.4, -0.2) is 31.0 Å². The van der Waals surface area contributed by atoms with E-state index in [9.17, 15) is 4.79 Å². The van der Waals surface area contributed by atoms with Crippen LogP contribution in [0.2, 0.25) is 0 Å². The molecule has 0 amide bonds. The van der Waals surface area contributed by atoms with E-state index in [0.29, 0.717) is 0 Å². The van der Waals surface area contributed by atoms with Crippen LogP contribution in [0.25, 0.3) is 0 Å². The van der Waals surface area contributed by atoms with E-state index in [1.165, 1.54) is 0 Å². The second-order valence-corrected chi connectivity index (χ2v) is 2.15. The van der Waals surface area contributed by atoms with Crippen molar-refractivity contribution in [3.8, 4) is 0 Å². The molecule has 2 heterocycles. The Kier molecular flexibility index (Phi) is 3.81. The number of aromatic carboxylic acids is 1. The molecule has 0 unspecified atom stereocenters. The molecule has 0 bridgehead atoms. The summed E-state index contributed by atoms with van der Waals surface area (Å²) in [5.41, 5.74) is 0. The Morgan fingerprint density at radius 3 is 2.07 bits per heavy atom. The lowest BCUT2D eigenvalue weighted by molar-refractivity contribution is 0.0683. The van der Waals surface area contributed by atoms with Crippen LogP contribution in [-0.2, 0) is 0 Å². The van der Waals surface area contributed by atoms with Crippen molar-refractivity contribution < 1.29 is 9.90 Å². The number of carboxylic acid groups (broad SMARTS) is 1. The van der Waals surface area contributed by atoms with Crippen LogP contribution < -0.4 is 0 Å². The average molecular weight is 192 g/mol. The average Bonchev–Trinajstić information content (AvgIpc) is 2.77. The molecule has 2 N–H and O–H groups in total. The zero-order valence-electron chi connectivity index (χ0n) is 7.16. The van der Waals surface area contributed by atoms with Gasteiger partial charge in [-0.2, -0.15) is 0 Å². The molecule has 0 spiro atoms. The molecule has 0 aromatic carbocycles. The van der Waals surface area contributed by atoms with Gasteiger partial charge in [-0.25, -0.2) is 19.7 Å². The number of hydrogen-bond donors (Lipinski definition) is 2. The Hall–Kier alpha value is -2.24. The van der Waals surface area contributed by atoms with E-state index in [1.54, 1.807) is 0 Å². The molecule has 6 heteroatoms. The molecule has 2 rings (SSSR count). The third-order valence-corrected chi connectivity index (χ3v) is 1.18. The first-order valence-corrected chi connectivity index (χ1v) is 3.74. The third-order valence-electron chi connectivity index (χ3n) is 1.18. The summed E-state index contributed by atoms with van der Waals surface area (Å²) in [6, 6.07) is 3.89. The summed E-state index contributed by atoms with van der Waals surface area (Å²) in [6.45, 7) is 0. The number of aromatic amines is 1. The van der Waals surface area contributed by atoms with Crippen LogP contribution in [0.1, 0.15) is 10.6 Å². The Morgan fingerprint density at radius 2 is 1.79 bits per heavy atom. The normalized spacial score (nSPS) is 8.57.